The van der Waals surface area contributed by atoms with Crippen molar-refractivity contribution < 1.29 is 26.7 Å². The average Bonchev–Trinajstić information content (AvgIpc) is 2.64. The van der Waals surface area contributed by atoms with Crippen molar-refractivity contribution in [3.63, 3.8) is 0 Å². The zero-order valence-electron chi connectivity index (χ0n) is 10.5. The smallest absolute Gasteiger partial charge is 0.303 e. The number of carboxylic acids is 1. The Labute approximate surface area is 113 Å². The number of unbranched alkanes of at least 4 members (excludes halogenated alkanes) is 2. The van der Waals surface area contributed by atoms with E-state index < -0.39 is 31.1 Å². The van der Waals surface area contributed by atoms with Crippen LogP contribution in [0.4, 0.5) is 0 Å². The van der Waals surface area contributed by atoms with Gasteiger partial charge in [0.05, 0.1) is 16.8 Å². The quantitative estimate of drug-likeness (QED) is 0.596. The van der Waals surface area contributed by atoms with Crippen LogP contribution in [0.3, 0.4) is 0 Å². The van der Waals surface area contributed by atoms with E-state index in [-0.39, 0.29) is 30.9 Å². The molecule has 0 aromatic rings. The van der Waals surface area contributed by atoms with Gasteiger partial charge in [-0.15, -0.1) is 0 Å². The maximum absolute atomic E-state index is 11.8. The third kappa shape index (κ3) is 5.87. The first-order valence-corrected chi connectivity index (χ1v) is 9.50. The molecule has 0 radical (unpaired) electrons. The van der Waals surface area contributed by atoms with Crippen LogP contribution in [-0.4, -0.2) is 51.2 Å². The minimum atomic E-state index is -3.58. The Morgan fingerprint density at radius 2 is 1.95 bits per heavy atom. The lowest BCUT2D eigenvalue weighted by molar-refractivity contribution is -0.137. The van der Waals surface area contributed by atoms with Crippen LogP contribution in [0, 0.1) is 0 Å². The van der Waals surface area contributed by atoms with Gasteiger partial charge in [0, 0.05) is 13.0 Å². The topological polar surface area (TPSA) is 118 Å². The van der Waals surface area contributed by atoms with Gasteiger partial charge in [-0.2, -0.15) is 0 Å². The number of rotatable bonds is 8. The van der Waals surface area contributed by atoms with Crippen molar-refractivity contribution in [1.29, 1.82) is 0 Å². The SMILES string of the molecule is O=C(O)CCCCCNS(=O)(=O)C1CCS(=O)(=O)C1. The van der Waals surface area contributed by atoms with Crippen molar-refractivity contribution in [1.82, 2.24) is 4.72 Å². The molecule has 1 unspecified atom stereocenters. The van der Waals surface area contributed by atoms with Gasteiger partial charge in [0.1, 0.15) is 0 Å². The second-order valence-corrected chi connectivity index (χ2v) is 8.94. The van der Waals surface area contributed by atoms with Crippen LogP contribution in [-0.2, 0) is 24.7 Å². The predicted octanol–water partition coefficient (Wildman–Crippen LogP) is -0.262. The van der Waals surface area contributed by atoms with Gasteiger partial charge in [-0.05, 0) is 19.3 Å². The first-order valence-electron chi connectivity index (χ1n) is 6.14. The molecule has 1 fully saturated rings. The van der Waals surface area contributed by atoms with Crippen molar-refractivity contribution in [3.8, 4) is 0 Å². The van der Waals surface area contributed by atoms with E-state index in [1.165, 1.54) is 0 Å². The van der Waals surface area contributed by atoms with E-state index in [1.807, 2.05) is 0 Å². The molecule has 1 heterocycles. The molecule has 1 atom stereocenters. The lowest BCUT2D eigenvalue weighted by Crippen LogP contribution is -2.35. The first kappa shape index (κ1) is 16.4. The third-order valence-corrected chi connectivity index (χ3v) is 6.87. The summed E-state index contributed by atoms with van der Waals surface area (Å²) >= 11 is 0. The molecule has 0 aliphatic carbocycles. The number of carboxylic acid groups (broad SMARTS) is 1. The molecule has 1 saturated heterocycles. The lowest BCUT2D eigenvalue weighted by Gasteiger charge is -2.11. The Balaban J connectivity index is 2.27. The van der Waals surface area contributed by atoms with Crippen LogP contribution < -0.4 is 4.72 Å². The highest BCUT2D eigenvalue weighted by atomic mass is 32.2. The Bertz CT molecular complexity index is 510. The van der Waals surface area contributed by atoms with E-state index in [0.717, 1.165) is 0 Å². The maximum Gasteiger partial charge on any atom is 0.303 e. The van der Waals surface area contributed by atoms with E-state index >= 15 is 0 Å². The van der Waals surface area contributed by atoms with Crippen molar-refractivity contribution in [2.75, 3.05) is 18.1 Å². The standard InChI is InChI=1S/C10H19NO6S2/c12-10(13)4-2-1-3-6-11-19(16,17)9-5-7-18(14,15)8-9/h9,11H,1-8H2,(H,12,13). The molecule has 7 nitrogen and oxygen atoms in total. The lowest BCUT2D eigenvalue weighted by atomic mass is 10.2. The van der Waals surface area contributed by atoms with E-state index in [2.05, 4.69) is 4.72 Å². The molecule has 9 heteroatoms. The fourth-order valence-corrected chi connectivity index (χ4v) is 6.04. The van der Waals surface area contributed by atoms with E-state index in [0.29, 0.717) is 19.3 Å². The summed E-state index contributed by atoms with van der Waals surface area (Å²) in [5, 5.41) is 7.57. The number of sulfone groups is 1. The zero-order chi connectivity index (χ0) is 14.5. The summed E-state index contributed by atoms with van der Waals surface area (Å²) in [6.45, 7) is 0.221. The summed E-state index contributed by atoms with van der Waals surface area (Å²) in [6, 6.07) is 0. The van der Waals surface area contributed by atoms with Gasteiger partial charge in [0.25, 0.3) is 0 Å². The van der Waals surface area contributed by atoms with Crippen LogP contribution in [0.2, 0.25) is 0 Å². The van der Waals surface area contributed by atoms with Gasteiger partial charge >= 0.3 is 5.97 Å². The minimum Gasteiger partial charge on any atom is -0.481 e. The van der Waals surface area contributed by atoms with E-state index in [1.54, 1.807) is 0 Å². The number of carbonyl (C=O) groups is 1. The molecule has 1 aliphatic rings. The highest BCUT2D eigenvalue weighted by Gasteiger charge is 2.36. The predicted molar refractivity (Wildman–Crippen MR) is 70.1 cm³/mol. The van der Waals surface area contributed by atoms with Crippen LogP contribution >= 0.6 is 0 Å². The molecule has 0 bridgehead atoms. The fraction of sp³-hybridized carbons (Fsp3) is 0.900. The number of aliphatic carboxylic acids is 1. The summed E-state index contributed by atoms with van der Waals surface area (Å²) in [7, 11) is -6.79. The van der Waals surface area contributed by atoms with Crippen LogP contribution in [0.25, 0.3) is 0 Å². The van der Waals surface area contributed by atoms with Gasteiger partial charge in [-0.1, -0.05) is 6.42 Å². The van der Waals surface area contributed by atoms with Gasteiger partial charge in [0.15, 0.2) is 9.84 Å². The van der Waals surface area contributed by atoms with Crippen LogP contribution in [0.1, 0.15) is 32.1 Å². The van der Waals surface area contributed by atoms with E-state index in [4.69, 9.17) is 5.11 Å². The summed E-state index contributed by atoms with van der Waals surface area (Å²) in [5.41, 5.74) is 0. The summed E-state index contributed by atoms with van der Waals surface area (Å²) in [6.07, 6.45) is 1.91. The number of sulfonamides is 1. The Morgan fingerprint density at radius 3 is 2.47 bits per heavy atom. The minimum absolute atomic E-state index is 0.0722. The fourth-order valence-electron chi connectivity index (χ4n) is 1.92. The first-order chi connectivity index (χ1) is 8.73. The van der Waals surface area contributed by atoms with E-state index in [9.17, 15) is 21.6 Å². The molecule has 19 heavy (non-hydrogen) atoms. The highest BCUT2D eigenvalue weighted by Crippen LogP contribution is 2.18. The second kappa shape index (κ2) is 6.67. The van der Waals surface area contributed by atoms with Crippen molar-refractivity contribution in [2.24, 2.45) is 0 Å². The third-order valence-electron chi connectivity index (χ3n) is 3.00. The van der Waals surface area contributed by atoms with Crippen molar-refractivity contribution in [3.05, 3.63) is 0 Å². The van der Waals surface area contributed by atoms with Gasteiger partial charge in [-0.25, -0.2) is 21.6 Å². The maximum atomic E-state index is 11.8. The van der Waals surface area contributed by atoms with Crippen molar-refractivity contribution in [2.45, 2.75) is 37.4 Å². The Kier molecular flexibility index (Phi) is 5.75. The molecule has 112 valence electrons. The van der Waals surface area contributed by atoms with Gasteiger partial charge in [-0.3, -0.25) is 4.79 Å². The number of hydrogen-bond acceptors (Lipinski definition) is 5. The average molecular weight is 313 g/mol. The molecule has 0 aromatic carbocycles. The van der Waals surface area contributed by atoms with Gasteiger partial charge < -0.3 is 5.11 Å². The van der Waals surface area contributed by atoms with Crippen molar-refractivity contribution >= 4 is 25.8 Å². The van der Waals surface area contributed by atoms with Crippen LogP contribution in [0.5, 0.6) is 0 Å². The normalized spacial score (nSPS) is 22.4. The highest BCUT2D eigenvalue weighted by molar-refractivity contribution is 7.95. The zero-order valence-corrected chi connectivity index (χ0v) is 12.2. The molecular formula is C10H19NO6S2. The molecule has 0 spiro atoms. The summed E-state index contributed by atoms with van der Waals surface area (Å²) < 4.78 is 48.4. The second-order valence-electron chi connectivity index (χ2n) is 4.67. The molecular weight excluding hydrogens is 294 g/mol. The van der Waals surface area contributed by atoms with Crippen LogP contribution in [0.15, 0.2) is 0 Å². The summed E-state index contributed by atoms with van der Waals surface area (Å²) in [5.74, 6) is -1.24. The number of hydrogen-bond donors (Lipinski definition) is 2. The molecule has 0 saturated carbocycles. The largest absolute Gasteiger partial charge is 0.481 e. The number of nitrogens with one attached hydrogen (secondary N) is 1. The molecule has 1 rings (SSSR count). The molecule has 2 N–H and O–H groups in total. The monoisotopic (exact) mass is 313 g/mol. The Morgan fingerprint density at radius 1 is 1.26 bits per heavy atom. The Hall–Kier alpha value is -0.670. The van der Waals surface area contributed by atoms with Gasteiger partial charge in [0.2, 0.25) is 10.0 Å². The molecule has 0 amide bonds. The summed E-state index contributed by atoms with van der Waals surface area (Å²) in [4.78, 5) is 10.3. The molecule has 1 aliphatic heterocycles. The molecule has 0 aromatic heterocycles.